The number of carbonyl (C=O) groups is 1. The lowest BCUT2D eigenvalue weighted by Crippen LogP contribution is -2.40. The minimum absolute atomic E-state index is 0.138. The first-order valence-corrected chi connectivity index (χ1v) is 9.53. The number of carbonyl (C=O) groups excluding carboxylic acids is 1. The van der Waals surface area contributed by atoms with Gasteiger partial charge in [-0.15, -0.1) is 11.8 Å². The maximum Gasteiger partial charge on any atom is 0.234 e. The second-order valence-corrected chi connectivity index (χ2v) is 7.26. The molecule has 3 nitrogen and oxygen atoms in total. The Morgan fingerprint density at radius 1 is 1.04 bits per heavy atom. The lowest BCUT2D eigenvalue weighted by Gasteiger charge is -2.28. The Bertz CT molecular complexity index is 660. The fourth-order valence-corrected chi connectivity index (χ4v) is 3.83. The number of amides is 1. The Hall–Kier alpha value is -1.78. The highest BCUT2D eigenvalue weighted by Gasteiger charge is 2.17. The number of nitrogens with one attached hydrogen (secondary N) is 1. The maximum atomic E-state index is 12.1. The molecule has 0 atom stereocenters. The van der Waals surface area contributed by atoms with Gasteiger partial charge in [0.05, 0.1) is 6.54 Å². The zero-order chi connectivity index (χ0) is 16.6. The first-order chi connectivity index (χ1) is 11.8. The van der Waals surface area contributed by atoms with E-state index >= 15 is 0 Å². The molecule has 0 spiro atoms. The number of hydrogen-bond donors (Lipinski definition) is 1. The predicted molar refractivity (Wildman–Crippen MR) is 100 cm³/mol. The molecule has 1 aliphatic heterocycles. The van der Waals surface area contributed by atoms with Crippen LogP contribution in [-0.2, 0) is 17.8 Å². The second kappa shape index (κ2) is 8.90. The topological polar surface area (TPSA) is 32.3 Å². The lowest BCUT2D eigenvalue weighted by atomic mass is 10.00. The van der Waals surface area contributed by atoms with Crippen molar-refractivity contribution < 1.29 is 4.79 Å². The van der Waals surface area contributed by atoms with Gasteiger partial charge in [-0.1, -0.05) is 42.5 Å². The van der Waals surface area contributed by atoms with Crippen LogP contribution >= 0.6 is 11.8 Å². The van der Waals surface area contributed by atoms with Gasteiger partial charge in [-0.25, -0.2) is 0 Å². The van der Waals surface area contributed by atoms with Gasteiger partial charge in [0, 0.05) is 24.5 Å². The quantitative estimate of drug-likeness (QED) is 0.620. The van der Waals surface area contributed by atoms with Crippen LogP contribution in [0.1, 0.15) is 17.5 Å². The van der Waals surface area contributed by atoms with E-state index in [0.29, 0.717) is 6.54 Å². The van der Waals surface area contributed by atoms with Crippen molar-refractivity contribution in [2.75, 3.05) is 25.4 Å². The van der Waals surface area contributed by atoms with Gasteiger partial charge in [-0.2, -0.15) is 0 Å². The third kappa shape index (κ3) is 5.11. The van der Waals surface area contributed by atoms with Crippen molar-refractivity contribution >= 4 is 17.7 Å². The van der Waals surface area contributed by atoms with Gasteiger partial charge in [0.1, 0.15) is 0 Å². The van der Waals surface area contributed by atoms with Crippen molar-refractivity contribution in [2.45, 2.75) is 24.3 Å². The normalized spacial score (nSPS) is 14.2. The van der Waals surface area contributed by atoms with Gasteiger partial charge < -0.3 is 5.32 Å². The molecule has 1 aliphatic rings. The molecule has 0 unspecified atom stereocenters. The minimum Gasteiger partial charge on any atom is -0.355 e. The van der Waals surface area contributed by atoms with Crippen LogP contribution in [0.25, 0.3) is 0 Å². The summed E-state index contributed by atoms with van der Waals surface area (Å²) in [5.41, 5.74) is 2.78. The summed E-state index contributed by atoms with van der Waals surface area (Å²) >= 11 is 1.84. The van der Waals surface area contributed by atoms with Crippen molar-refractivity contribution in [1.82, 2.24) is 10.2 Å². The molecule has 0 saturated carbocycles. The molecule has 2 aromatic rings. The number of rotatable bonds is 7. The molecule has 4 heteroatoms. The van der Waals surface area contributed by atoms with E-state index in [0.717, 1.165) is 38.2 Å². The maximum absolute atomic E-state index is 12.1. The van der Waals surface area contributed by atoms with E-state index in [9.17, 15) is 4.79 Å². The molecule has 1 N–H and O–H groups in total. The molecule has 0 saturated heterocycles. The Balaban J connectivity index is 1.32. The van der Waals surface area contributed by atoms with Crippen LogP contribution < -0.4 is 5.32 Å². The van der Waals surface area contributed by atoms with E-state index in [2.05, 4.69) is 58.7 Å². The summed E-state index contributed by atoms with van der Waals surface area (Å²) in [7, 11) is 0. The molecule has 2 aromatic carbocycles. The minimum atomic E-state index is 0.138. The molecule has 0 radical (unpaired) electrons. The molecule has 126 valence electrons. The Morgan fingerprint density at radius 3 is 2.62 bits per heavy atom. The molecule has 24 heavy (non-hydrogen) atoms. The predicted octanol–water partition coefficient (Wildman–Crippen LogP) is 3.34. The van der Waals surface area contributed by atoms with Crippen molar-refractivity contribution in [3.05, 3.63) is 65.7 Å². The van der Waals surface area contributed by atoms with Crippen LogP contribution in [0.4, 0.5) is 0 Å². The van der Waals surface area contributed by atoms with Crippen molar-refractivity contribution in [1.29, 1.82) is 0 Å². The zero-order valence-electron chi connectivity index (χ0n) is 13.9. The zero-order valence-corrected chi connectivity index (χ0v) is 14.7. The summed E-state index contributed by atoms with van der Waals surface area (Å²) in [5, 5.41) is 3.05. The number of benzene rings is 2. The fraction of sp³-hybridized carbons (Fsp3) is 0.350. The summed E-state index contributed by atoms with van der Waals surface area (Å²) in [6.45, 7) is 3.10. The average Bonchev–Trinajstić information content (AvgIpc) is 2.62. The highest BCUT2D eigenvalue weighted by molar-refractivity contribution is 7.99. The fourth-order valence-electron chi connectivity index (χ4n) is 2.95. The molecule has 1 amide bonds. The van der Waals surface area contributed by atoms with Gasteiger partial charge in [0.15, 0.2) is 0 Å². The van der Waals surface area contributed by atoms with E-state index in [1.54, 1.807) is 0 Å². The van der Waals surface area contributed by atoms with Crippen molar-refractivity contribution in [3.8, 4) is 0 Å². The molecule has 1 heterocycles. The van der Waals surface area contributed by atoms with E-state index < -0.39 is 0 Å². The van der Waals surface area contributed by atoms with Crippen LogP contribution in [0, 0.1) is 0 Å². The summed E-state index contributed by atoms with van der Waals surface area (Å²) in [4.78, 5) is 15.6. The average molecular weight is 340 g/mol. The molecule has 0 fully saturated rings. The van der Waals surface area contributed by atoms with E-state index in [1.165, 1.54) is 16.0 Å². The molecule has 3 rings (SSSR count). The highest BCUT2D eigenvalue weighted by Crippen LogP contribution is 2.18. The Morgan fingerprint density at radius 2 is 1.79 bits per heavy atom. The third-order valence-corrected chi connectivity index (χ3v) is 5.33. The summed E-state index contributed by atoms with van der Waals surface area (Å²) in [6, 6.07) is 18.9. The van der Waals surface area contributed by atoms with Gasteiger partial charge in [-0.05, 0) is 41.9 Å². The van der Waals surface area contributed by atoms with Crippen LogP contribution in [0.15, 0.2) is 59.5 Å². The van der Waals surface area contributed by atoms with Gasteiger partial charge in [0.25, 0.3) is 0 Å². The monoisotopic (exact) mass is 340 g/mol. The van der Waals surface area contributed by atoms with E-state index in [-0.39, 0.29) is 5.91 Å². The van der Waals surface area contributed by atoms with E-state index in [4.69, 9.17) is 0 Å². The summed E-state index contributed by atoms with van der Waals surface area (Å²) < 4.78 is 0. The summed E-state index contributed by atoms with van der Waals surface area (Å²) in [6.07, 6.45) is 2.03. The molecular weight excluding hydrogens is 316 g/mol. The van der Waals surface area contributed by atoms with Crippen molar-refractivity contribution in [2.24, 2.45) is 0 Å². The highest BCUT2D eigenvalue weighted by atomic mass is 32.2. The molecular formula is C20H24N2OS. The number of thioether (sulfide) groups is 1. The Kier molecular flexibility index (Phi) is 6.33. The first kappa shape index (κ1) is 17.1. The van der Waals surface area contributed by atoms with Gasteiger partial charge in [-0.3, -0.25) is 9.69 Å². The van der Waals surface area contributed by atoms with Crippen molar-refractivity contribution in [3.63, 3.8) is 0 Å². The first-order valence-electron chi connectivity index (χ1n) is 8.55. The molecule has 0 aromatic heterocycles. The molecule has 0 bridgehead atoms. The SMILES string of the molecule is O=C(CN1CCc2ccccc2C1)NCCCSc1ccccc1. The Labute approximate surface area is 148 Å². The van der Waals surface area contributed by atoms with Gasteiger partial charge in [0.2, 0.25) is 5.91 Å². The number of fused-ring (bicyclic) bond motifs is 1. The third-order valence-electron chi connectivity index (χ3n) is 4.23. The van der Waals surface area contributed by atoms with Crippen LogP contribution in [0.3, 0.4) is 0 Å². The van der Waals surface area contributed by atoms with Crippen LogP contribution in [0.5, 0.6) is 0 Å². The van der Waals surface area contributed by atoms with Gasteiger partial charge >= 0.3 is 0 Å². The second-order valence-electron chi connectivity index (χ2n) is 6.09. The summed E-state index contributed by atoms with van der Waals surface area (Å²) in [5.74, 6) is 1.17. The largest absolute Gasteiger partial charge is 0.355 e. The standard InChI is InChI=1S/C20H24N2OS/c23-20(21-12-6-14-24-19-9-2-1-3-10-19)16-22-13-11-17-7-4-5-8-18(17)15-22/h1-5,7-10H,6,11-16H2,(H,21,23). The van der Waals surface area contributed by atoms with E-state index in [1.807, 2.05) is 17.8 Å². The molecule has 0 aliphatic carbocycles. The number of nitrogens with zero attached hydrogens (tertiary/aromatic N) is 1. The van der Waals surface area contributed by atoms with Crippen LogP contribution in [-0.4, -0.2) is 36.2 Å². The van der Waals surface area contributed by atoms with Crippen LogP contribution in [0.2, 0.25) is 0 Å². The smallest absolute Gasteiger partial charge is 0.234 e. The lowest BCUT2D eigenvalue weighted by molar-refractivity contribution is -0.122. The number of hydrogen-bond acceptors (Lipinski definition) is 3.